The van der Waals surface area contributed by atoms with Gasteiger partial charge in [-0.2, -0.15) is 0 Å². The van der Waals surface area contributed by atoms with Crippen LogP contribution >= 0.6 is 22.7 Å². The van der Waals surface area contributed by atoms with Crippen LogP contribution in [0.2, 0.25) is 0 Å². The molecule has 0 unspecified atom stereocenters. The van der Waals surface area contributed by atoms with Gasteiger partial charge in [-0.25, -0.2) is 13.4 Å². The number of Topliss-reactive ketones (excluding diaryl/α,β-unsaturated/α-hetero) is 1. The SMILES string of the molecule is CC(=O)c1nc(NS(=O)(=O)c2cc(C)c(C)s2)sc1C. The molecule has 0 aliphatic carbocycles. The van der Waals surface area contributed by atoms with Gasteiger partial charge in [0.2, 0.25) is 0 Å². The van der Waals surface area contributed by atoms with Gasteiger partial charge in [0, 0.05) is 16.7 Å². The molecular weight excluding hydrogens is 316 g/mol. The number of nitrogens with zero attached hydrogens (tertiary/aromatic N) is 1. The van der Waals surface area contributed by atoms with E-state index in [1.54, 1.807) is 13.0 Å². The number of nitrogens with one attached hydrogen (secondary N) is 1. The maximum atomic E-state index is 12.2. The van der Waals surface area contributed by atoms with Crippen molar-refractivity contribution in [2.45, 2.75) is 31.9 Å². The highest BCUT2D eigenvalue weighted by atomic mass is 32.2. The lowest BCUT2D eigenvalue weighted by Crippen LogP contribution is -2.11. The number of rotatable bonds is 4. The number of thiazole rings is 1. The molecule has 0 aromatic carbocycles. The van der Waals surface area contributed by atoms with Gasteiger partial charge in [-0.05, 0) is 32.4 Å². The van der Waals surface area contributed by atoms with E-state index in [1.807, 2.05) is 13.8 Å². The third-order valence-electron chi connectivity index (χ3n) is 2.76. The Kier molecular flexibility index (Phi) is 3.99. The van der Waals surface area contributed by atoms with Crippen molar-refractivity contribution in [2.75, 3.05) is 4.72 Å². The Morgan fingerprint density at radius 3 is 2.30 bits per heavy atom. The van der Waals surface area contributed by atoms with Crippen molar-refractivity contribution >= 4 is 43.6 Å². The Balaban J connectivity index is 2.33. The lowest BCUT2D eigenvalue weighted by atomic mass is 10.3. The van der Waals surface area contributed by atoms with Crippen LogP contribution in [0.5, 0.6) is 0 Å². The van der Waals surface area contributed by atoms with Crippen molar-refractivity contribution in [3.05, 3.63) is 27.1 Å². The molecular formula is C12H14N2O3S3. The summed E-state index contributed by atoms with van der Waals surface area (Å²) in [6, 6.07) is 1.63. The number of hydrogen-bond acceptors (Lipinski definition) is 6. The largest absolute Gasteiger partial charge is 0.293 e. The first-order valence-electron chi connectivity index (χ1n) is 5.79. The van der Waals surface area contributed by atoms with E-state index in [0.717, 1.165) is 21.8 Å². The minimum atomic E-state index is -3.64. The number of aryl methyl sites for hydroxylation is 3. The molecule has 2 aromatic heterocycles. The van der Waals surface area contributed by atoms with Crippen LogP contribution in [0.3, 0.4) is 0 Å². The summed E-state index contributed by atoms with van der Waals surface area (Å²) in [5.41, 5.74) is 1.25. The molecule has 0 bridgehead atoms. The van der Waals surface area contributed by atoms with E-state index >= 15 is 0 Å². The summed E-state index contributed by atoms with van der Waals surface area (Å²) in [6.45, 7) is 6.89. The first-order chi connectivity index (χ1) is 9.20. The van der Waals surface area contributed by atoms with Gasteiger partial charge in [0.25, 0.3) is 10.0 Å². The monoisotopic (exact) mass is 330 g/mol. The Bertz CT molecular complexity index is 752. The second kappa shape index (κ2) is 5.27. The molecule has 1 N–H and O–H groups in total. The van der Waals surface area contributed by atoms with Gasteiger partial charge in [-0.3, -0.25) is 9.52 Å². The highest BCUT2D eigenvalue weighted by molar-refractivity contribution is 7.94. The molecule has 0 amide bonds. The fourth-order valence-electron chi connectivity index (χ4n) is 1.60. The molecule has 2 rings (SSSR count). The standard InChI is InChI=1S/C12H14N2O3S3/c1-6-5-10(18-8(6)3)20(16,17)14-12-13-11(7(2)15)9(4)19-12/h5H,1-4H3,(H,13,14). The maximum Gasteiger partial charge on any atom is 0.273 e. The molecule has 0 atom stereocenters. The van der Waals surface area contributed by atoms with Crippen LogP contribution < -0.4 is 4.72 Å². The molecule has 108 valence electrons. The Labute approximate surface area is 125 Å². The summed E-state index contributed by atoms with van der Waals surface area (Å²) in [5, 5.41) is 0.219. The zero-order chi connectivity index (χ0) is 15.1. The number of hydrogen-bond donors (Lipinski definition) is 1. The van der Waals surface area contributed by atoms with Gasteiger partial charge in [-0.1, -0.05) is 0 Å². The highest BCUT2D eigenvalue weighted by Gasteiger charge is 2.21. The van der Waals surface area contributed by atoms with Gasteiger partial charge >= 0.3 is 0 Å². The van der Waals surface area contributed by atoms with Crippen LogP contribution in [-0.2, 0) is 10.0 Å². The number of ketones is 1. The molecule has 5 nitrogen and oxygen atoms in total. The quantitative estimate of drug-likeness (QED) is 0.874. The lowest BCUT2D eigenvalue weighted by molar-refractivity contribution is 0.101. The molecule has 0 saturated carbocycles. The zero-order valence-corrected chi connectivity index (χ0v) is 13.9. The van der Waals surface area contributed by atoms with Crippen molar-refractivity contribution in [1.29, 1.82) is 0 Å². The first-order valence-corrected chi connectivity index (χ1v) is 8.90. The molecule has 20 heavy (non-hydrogen) atoms. The molecule has 0 aliphatic rings. The smallest absolute Gasteiger partial charge is 0.273 e. The van der Waals surface area contributed by atoms with Crippen LogP contribution in [0.4, 0.5) is 5.13 Å². The topological polar surface area (TPSA) is 76.1 Å². The van der Waals surface area contributed by atoms with E-state index in [2.05, 4.69) is 9.71 Å². The van der Waals surface area contributed by atoms with Gasteiger partial charge in [0.15, 0.2) is 10.9 Å². The number of sulfonamides is 1. The molecule has 8 heteroatoms. The molecule has 0 aliphatic heterocycles. The third kappa shape index (κ3) is 2.92. The molecule has 0 spiro atoms. The summed E-state index contributed by atoms with van der Waals surface area (Å²) in [6.07, 6.45) is 0. The number of carbonyl (C=O) groups is 1. The maximum absolute atomic E-state index is 12.2. The number of carbonyl (C=O) groups excluding carboxylic acids is 1. The highest BCUT2D eigenvalue weighted by Crippen LogP contribution is 2.29. The normalized spacial score (nSPS) is 11.6. The molecule has 0 saturated heterocycles. The van der Waals surface area contributed by atoms with E-state index in [-0.39, 0.29) is 15.1 Å². The zero-order valence-electron chi connectivity index (χ0n) is 11.5. The van der Waals surface area contributed by atoms with Gasteiger partial charge in [0.05, 0.1) is 0 Å². The average Bonchev–Trinajstić information content (AvgIpc) is 2.83. The first kappa shape index (κ1) is 15.1. The second-order valence-electron chi connectivity index (χ2n) is 4.39. The van der Waals surface area contributed by atoms with Crippen LogP contribution in [0.15, 0.2) is 10.3 Å². The average molecular weight is 330 g/mol. The minimum Gasteiger partial charge on any atom is -0.293 e. The summed E-state index contributed by atoms with van der Waals surface area (Å²) < 4.78 is 27.2. The van der Waals surface area contributed by atoms with Crippen molar-refractivity contribution in [2.24, 2.45) is 0 Å². The van der Waals surface area contributed by atoms with Crippen molar-refractivity contribution in [3.8, 4) is 0 Å². The third-order valence-corrected chi connectivity index (χ3v) is 6.74. The van der Waals surface area contributed by atoms with Crippen molar-refractivity contribution in [3.63, 3.8) is 0 Å². The summed E-state index contributed by atoms with van der Waals surface area (Å²) in [7, 11) is -3.64. The van der Waals surface area contributed by atoms with Gasteiger partial charge < -0.3 is 0 Å². The summed E-state index contributed by atoms with van der Waals surface area (Å²) >= 11 is 2.37. The Morgan fingerprint density at radius 1 is 1.20 bits per heavy atom. The van der Waals surface area contributed by atoms with Crippen molar-refractivity contribution < 1.29 is 13.2 Å². The number of thiophene rings is 1. The van der Waals surface area contributed by atoms with E-state index in [9.17, 15) is 13.2 Å². The van der Waals surface area contributed by atoms with Crippen LogP contribution in [0.1, 0.15) is 32.7 Å². The number of anilines is 1. The van der Waals surface area contributed by atoms with E-state index in [1.165, 1.54) is 18.3 Å². The van der Waals surface area contributed by atoms with Gasteiger partial charge in [0.1, 0.15) is 9.90 Å². The van der Waals surface area contributed by atoms with Gasteiger partial charge in [-0.15, -0.1) is 22.7 Å². The van der Waals surface area contributed by atoms with E-state index in [4.69, 9.17) is 0 Å². The summed E-state index contributed by atoms with van der Waals surface area (Å²) in [5.74, 6) is -0.174. The van der Waals surface area contributed by atoms with Crippen LogP contribution in [-0.4, -0.2) is 19.2 Å². The Morgan fingerprint density at radius 2 is 1.85 bits per heavy atom. The predicted octanol–water partition coefficient (Wildman–Crippen LogP) is 3.13. The molecule has 0 fully saturated rings. The lowest BCUT2D eigenvalue weighted by Gasteiger charge is -2.01. The van der Waals surface area contributed by atoms with Crippen LogP contribution in [0.25, 0.3) is 0 Å². The molecule has 2 aromatic rings. The fourth-order valence-corrected chi connectivity index (χ4v) is 5.22. The predicted molar refractivity (Wildman–Crippen MR) is 81.5 cm³/mol. The molecule has 2 heterocycles. The Hall–Kier alpha value is -1.25. The fraction of sp³-hybridized carbons (Fsp3) is 0.333. The van der Waals surface area contributed by atoms with E-state index < -0.39 is 10.0 Å². The minimum absolute atomic E-state index is 0.174. The van der Waals surface area contributed by atoms with E-state index in [0.29, 0.717) is 10.6 Å². The van der Waals surface area contributed by atoms with Crippen LogP contribution in [0, 0.1) is 20.8 Å². The van der Waals surface area contributed by atoms with Crippen molar-refractivity contribution in [1.82, 2.24) is 4.98 Å². The molecule has 0 radical (unpaired) electrons. The second-order valence-corrected chi connectivity index (χ2v) is 8.76. The summed E-state index contributed by atoms with van der Waals surface area (Å²) in [4.78, 5) is 17.0. The number of aromatic nitrogens is 1.